The second-order valence-electron chi connectivity index (χ2n) is 12.9. The third-order valence-electron chi connectivity index (χ3n) is 10.0. The number of hydrogen-bond donors (Lipinski definition) is 2. The van der Waals surface area contributed by atoms with E-state index in [9.17, 15) is 19.5 Å². The number of rotatable bonds is 6. The largest absolute Gasteiger partial charge is 0.509 e. The standard InChI is InChI=1S/C34H44BN5O5/c35-28-22-24(8-9-30(28)41)23-31(32(42)38-17-11-26(12-18-38)37-15-4-1-5-16-37)45-34(44)39-19-13-27(14-20-39)40-21-10-25-6-2-3-7-29(25)36-33(40)43/h2-3,6-9,22,26-27,31,41H,1,4-5,10-21,23H2,(H,36,43)/t31-/m1/s1. The van der Waals surface area contributed by atoms with Gasteiger partial charge in [0, 0.05) is 56.9 Å². The zero-order chi connectivity index (χ0) is 31.3. The zero-order valence-corrected chi connectivity index (χ0v) is 26.0. The molecular weight excluding hydrogens is 569 g/mol. The van der Waals surface area contributed by atoms with E-state index in [1.54, 1.807) is 17.0 Å². The average molecular weight is 614 g/mol. The quantitative estimate of drug-likeness (QED) is 0.485. The first-order valence-corrected chi connectivity index (χ1v) is 16.6. The Bertz CT molecular complexity index is 1370. The number of para-hydroxylation sites is 1. The molecule has 2 N–H and O–H groups in total. The zero-order valence-electron chi connectivity index (χ0n) is 26.0. The summed E-state index contributed by atoms with van der Waals surface area (Å²) in [5, 5.41) is 12.9. The monoisotopic (exact) mass is 613 g/mol. The third kappa shape index (κ3) is 7.40. The van der Waals surface area contributed by atoms with Crippen molar-refractivity contribution in [3.63, 3.8) is 0 Å². The first kappa shape index (κ1) is 31.3. The normalized spacial score (nSPS) is 21.1. The number of aromatic hydroxyl groups is 1. The molecule has 238 valence electrons. The SMILES string of the molecule is [B]c1cc(C[C@@H](OC(=O)N2CCC(N3CCc4ccccc4NC3=O)CC2)C(=O)N2CCC(N3CCCCC3)CC2)ccc1O. The third-order valence-corrected chi connectivity index (χ3v) is 10.0. The Kier molecular flexibility index (Phi) is 9.83. The molecule has 0 aliphatic carbocycles. The van der Waals surface area contributed by atoms with Crippen molar-refractivity contribution in [1.82, 2.24) is 19.6 Å². The number of piperidine rings is 3. The van der Waals surface area contributed by atoms with Gasteiger partial charge in [-0.05, 0) is 81.3 Å². The van der Waals surface area contributed by atoms with Crippen molar-refractivity contribution in [2.75, 3.05) is 51.1 Å². The molecule has 10 nitrogen and oxygen atoms in total. The number of nitrogens with zero attached hydrogens (tertiary/aromatic N) is 4. The van der Waals surface area contributed by atoms with Crippen molar-refractivity contribution in [1.29, 1.82) is 0 Å². The lowest BCUT2D eigenvalue weighted by Gasteiger charge is -2.41. The number of benzene rings is 2. The van der Waals surface area contributed by atoms with Crippen molar-refractivity contribution < 1.29 is 24.2 Å². The molecule has 3 saturated heterocycles. The number of phenols is 1. The molecule has 0 unspecified atom stereocenters. The maximum Gasteiger partial charge on any atom is 0.410 e. The van der Waals surface area contributed by atoms with Crippen LogP contribution in [0.4, 0.5) is 15.3 Å². The van der Waals surface area contributed by atoms with E-state index < -0.39 is 12.2 Å². The predicted molar refractivity (Wildman–Crippen MR) is 173 cm³/mol. The molecule has 4 heterocycles. The first-order chi connectivity index (χ1) is 21.9. The topological polar surface area (TPSA) is 106 Å². The second-order valence-corrected chi connectivity index (χ2v) is 12.9. The molecule has 1 atom stereocenters. The highest BCUT2D eigenvalue weighted by molar-refractivity contribution is 6.34. The van der Waals surface area contributed by atoms with E-state index in [4.69, 9.17) is 12.6 Å². The summed E-state index contributed by atoms with van der Waals surface area (Å²) < 4.78 is 5.98. The molecule has 45 heavy (non-hydrogen) atoms. The molecule has 2 aromatic carbocycles. The van der Waals surface area contributed by atoms with Crippen molar-refractivity contribution >= 4 is 37.0 Å². The maximum atomic E-state index is 13.9. The number of fused-ring (bicyclic) bond motifs is 1. The summed E-state index contributed by atoms with van der Waals surface area (Å²) in [4.78, 5) is 48.3. The summed E-state index contributed by atoms with van der Waals surface area (Å²) in [5.74, 6) is -0.217. The van der Waals surface area contributed by atoms with Gasteiger partial charge >= 0.3 is 12.1 Å². The van der Waals surface area contributed by atoms with Crippen LogP contribution in [0, 0.1) is 0 Å². The predicted octanol–water partition coefficient (Wildman–Crippen LogP) is 3.27. The van der Waals surface area contributed by atoms with E-state index in [2.05, 4.69) is 10.2 Å². The van der Waals surface area contributed by atoms with Crippen LogP contribution in [-0.2, 0) is 22.4 Å². The molecule has 2 radical (unpaired) electrons. The van der Waals surface area contributed by atoms with E-state index in [1.807, 2.05) is 34.1 Å². The molecule has 0 saturated carbocycles. The van der Waals surface area contributed by atoms with Gasteiger partial charge in [0.25, 0.3) is 5.91 Å². The van der Waals surface area contributed by atoms with E-state index in [0.29, 0.717) is 57.2 Å². The number of hydrogen-bond acceptors (Lipinski definition) is 6. The number of urea groups is 1. The first-order valence-electron chi connectivity index (χ1n) is 16.6. The summed E-state index contributed by atoms with van der Waals surface area (Å²) in [5.41, 5.74) is 2.91. The number of nitrogens with one attached hydrogen (secondary N) is 1. The van der Waals surface area contributed by atoms with Crippen LogP contribution in [-0.4, -0.2) is 115 Å². The lowest BCUT2D eigenvalue weighted by molar-refractivity contribution is -0.142. The van der Waals surface area contributed by atoms with E-state index in [1.165, 1.54) is 25.3 Å². The van der Waals surface area contributed by atoms with Crippen molar-refractivity contribution in [3.05, 3.63) is 53.6 Å². The average Bonchev–Trinajstić information content (AvgIpc) is 3.24. The number of carbonyl (C=O) groups is 3. The van der Waals surface area contributed by atoms with Gasteiger partial charge in [0.1, 0.15) is 13.6 Å². The minimum atomic E-state index is -0.999. The Morgan fingerprint density at radius 3 is 2.31 bits per heavy atom. The van der Waals surface area contributed by atoms with Crippen LogP contribution >= 0.6 is 0 Å². The van der Waals surface area contributed by atoms with Gasteiger partial charge in [-0.3, -0.25) is 4.79 Å². The molecule has 4 aliphatic rings. The van der Waals surface area contributed by atoms with Gasteiger partial charge in [0.2, 0.25) is 0 Å². The Morgan fingerprint density at radius 2 is 1.58 bits per heavy atom. The molecule has 4 amide bonds. The summed E-state index contributed by atoms with van der Waals surface area (Å²) in [6.45, 7) is 5.04. The van der Waals surface area contributed by atoms with Gasteiger partial charge in [0.15, 0.2) is 6.10 Å². The number of phenolic OH excluding ortho intramolecular Hbond substituents is 1. The van der Waals surface area contributed by atoms with Gasteiger partial charge < -0.3 is 34.8 Å². The molecule has 6 rings (SSSR count). The molecule has 4 aliphatic heterocycles. The number of likely N-dealkylation sites (tertiary alicyclic amines) is 3. The molecule has 2 aromatic rings. The number of carbonyl (C=O) groups excluding carboxylic acids is 3. The van der Waals surface area contributed by atoms with Crippen molar-refractivity contribution in [2.24, 2.45) is 0 Å². The summed E-state index contributed by atoms with van der Waals surface area (Å²) in [6, 6.07) is 13.1. The smallest absolute Gasteiger partial charge is 0.410 e. The molecular formula is C34H44BN5O5. The van der Waals surface area contributed by atoms with Gasteiger partial charge in [-0.1, -0.05) is 42.2 Å². The number of amides is 4. The Hall–Kier alpha value is -3.73. The lowest BCUT2D eigenvalue weighted by Crippen LogP contribution is -2.53. The van der Waals surface area contributed by atoms with Gasteiger partial charge in [-0.2, -0.15) is 0 Å². The highest BCUT2D eigenvalue weighted by Crippen LogP contribution is 2.26. The van der Waals surface area contributed by atoms with Crippen LogP contribution in [0.25, 0.3) is 0 Å². The summed E-state index contributed by atoms with van der Waals surface area (Å²) in [7, 11) is 5.94. The van der Waals surface area contributed by atoms with E-state index >= 15 is 0 Å². The summed E-state index contributed by atoms with van der Waals surface area (Å²) in [6.07, 6.45) is 6.31. The fourth-order valence-electron chi connectivity index (χ4n) is 7.36. The van der Waals surface area contributed by atoms with Crippen LogP contribution in [0.3, 0.4) is 0 Å². The van der Waals surface area contributed by atoms with Crippen LogP contribution in [0.2, 0.25) is 0 Å². The van der Waals surface area contributed by atoms with Gasteiger partial charge in [0.05, 0.1) is 0 Å². The second kappa shape index (κ2) is 14.1. The Labute approximate surface area is 267 Å². The lowest BCUT2D eigenvalue weighted by atomic mass is 9.91. The number of anilines is 1. The fourth-order valence-corrected chi connectivity index (χ4v) is 7.36. The Morgan fingerprint density at radius 1 is 0.889 bits per heavy atom. The van der Waals surface area contributed by atoms with Crippen LogP contribution in [0.1, 0.15) is 56.1 Å². The van der Waals surface area contributed by atoms with E-state index in [-0.39, 0.29) is 35.6 Å². The van der Waals surface area contributed by atoms with Crippen LogP contribution in [0.5, 0.6) is 5.75 Å². The molecule has 0 bridgehead atoms. The minimum absolute atomic E-state index is 0.0157. The molecule has 0 aromatic heterocycles. The highest BCUT2D eigenvalue weighted by atomic mass is 16.6. The van der Waals surface area contributed by atoms with Crippen molar-refractivity contribution in [2.45, 2.75) is 76.0 Å². The molecule has 0 spiro atoms. The van der Waals surface area contributed by atoms with Gasteiger partial charge in [-0.15, -0.1) is 0 Å². The van der Waals surface area contributed by atoms with E-state index in [0.717, 1.165) is 43.6 Å². The van der Waals surface area contributed by atoms with Crippen molar-refractivity contribution in [3.8, 4) is 5.75 Å². The fraction of sp³-hybridized carbons (Fsp3) is 0.559. The summed E-state index contributed by atoms with van der Waals surface area (Å²) >= 11 is 0. The van der Waals surface area contributed by atoms with Crippen LogP contribution in [0.15, 0.2) is 42.5 Å². The minimum Gasteiger partial charge on any atom is -0.509 e. The van der Waals surface area contributed by atoms with Crippen LogP contribution < -0.4 is 10.8 Å². The molecule has 3 fully saturated rings. The van der Waals surface area contributed by atoms with Gasteiger partial charge in [-0.25, -0.2) is 9.59 Å². The number of ether oxygens (including phenoxy) is 1. The maximum absolute atomic E-state index is 13.9. The highest BCUT2D eigenvalue weighted by Gasteiger charge is 2.36. The Balaban J connectivity index is 1.07. The molecule has 11 heteroatoms.